The van der Waals surface area contributed by atoms with Gasteiger partial charge < -0.3 is 15.4 Å². The van der Waals surface area contributed by atoms with Gasteiger partial charge in [0.05, 0.1) is 18.7 Å². The SMILES string of the molecule is CCOC(=O)c1cnn(C)c1NC(=O)C1CCCNC1. The predicted molar refractivity (Wildman–Crippen MR) is 73.4 cm³/mol. The molecule has 1 fully saturated rings. The van der Waals surface area contributed by atoms with Gasteiger partial charge in [0.25, 0.3) is 0 Å². The van der Waals surface area contributed by atoms with Crippen molar-refractivity contribution in [1.82, 2.24) is 15.1 Å². The van der Waals surface area contributed by atoms with Crippen LogP contribution in [0.5, 0.6) is 0 Å². The minimum absolute atomic E-state index is 0.0753. The Labute approximate surface area is 117 Å². The summed E-state index contributed by atoms with van der Waals surface area (Å²) in [7, 11) is 1.68. The van der Waals surface area contributed by atoms with Crippen molar-refractivity contribution in [2.75, 3.05) is 25.0 Å². The maximum atomic E-state index is 12.2. The van der Waals surface area contributed by atoms with E-state index >= 15 is 0 Å². The fourth-order valence-electron chi connectivity index (χ4n) is 2.24. The van der Waals surface area contributed by atoms with Gasteiger partial charge in [0.2, 0.25) is 5.91 Å². The summed E-state index contributed by atoms with van der Waals surface area (Å²) >= 11 is 0. The van der Waals surface area contributed by atoms with E-state index in [2.05, 4.69) is 15.7 Å². The minimum atomic E-state index is -0.474. The molecule has 20 heavy (non-hydrogen) atoms. The summed E-state index contributed by atoms with van der Waals surface area (Å²) in [6.45, 7) is 3.63. The van der Waals surface area contributed by atoms with Crippen molar-refractivity contribution >= 4 is 17.7 Å². The molecule has 7 heteroatoms. The number of rotatable bonds is 4. The minimum Gasteiger partial charge on any atom is -0.462 e. The summed E-state index contributed by atoms with van der Waals surface area (Å²) in [5.41, 5.74) is 0.284. The van der Waals surface area contributed by atoms with Gasteiger partial charge in [-0.1, -0.05) is 0 Å². The van der Waals surface area contributed by atoms with Gasteiger partial charge >= 0.3 is 5.97 Å². The zero-order valence-corrected chi connectivity index (χ0v) is 11.8. The molecule has 0 radical (unpaired) electrons. The maximum Gasteiger partial charge on any atom is 0.343 e. The van der Waals surface area contributed by atoms with Crippen LogP contribution in [-0.4, -0.2) is 41.4 Å². The zero-order chi connectivity index (χ0) is 14.5. The third-order valence-corrected chi connectivity index (χ3v) is 3.34. The van der Waals surface area contributed by atoms with E-state index in [0.717, 1.165) is 19.4 Å². The molecule has 1 atom stereocenters. The molecule has 110 valence electrons. The molecule has 1 amide bonds. The van der Waals surface area contributed by atoms with Gasteiger partial charge in [0.15, 0.2) is 0 Å². The normalized spacial score (nSPS) is 18.6. The van der Waals surface area contributed by atoms with E-state index in [0.29, 0.717) is 12.4 Å². The molecule has 1 aliphatic heterocycles. The molecule has 1 aromatic heterocycles. The molecule has 0 aliphatic carbocycles. The van der Waals surface area contributed by atoms with Crippen molar-refractivity contribution in [2.24, 2.45) is 13.0 Å². The molecular weight excluding hydrogens is 260 g/mol. The van der Waals surface area contributed by atoms with Crippen LogP contribution < -0.4 is 10.6 Å². The highest BCUT2D eigenvalue weighted by atomic mass is 16.5. The van der Waals surface area contributed by atoms with Gasteiger partial charge in [0, 0.05) is 13.6 Å². The van der Waals surface area contributed by atoms with Crippen LogP contribution in [0.1, 0.15) is 30.1 Å². The molecule has 1 saturated heterocycles. The molecule has 0 spiro atoms. The van der Waals surface area contributed by atoms with Crippen molar-refractivity contribution in [3.8, 4) is 0 Å². The molecule has 2 heterocycles. The van der Waals surface area contributed by atoms with Crippen molar-refractivity contribution in [2.45, 2.75) is 19.8 Å². The van der Waals surface area contributed by atoms with Gasteiger partial charge in [-0.2, -0.15) is 5.10 Å². The van der Waals surface area contributed by atoms with E-state index in [1.165, 1.54) is 10.9 Å². The summed E-state index contributed by atoms with van der Waals surface area (Å²) in [5, 5.41) is 9.98. The average molecular weight is 280 g/mol. The lowest BCUT2D eigenvalue weighted by atomic mass is 9.99. The standard InChI is InChI=1S/C13H20N4O3/c1-3-20-13(19)10-8-15-17(2)11(10)16-12(18)9-5-4-6-14-7-9/h8-9,14H,3-7H2,1-2H3,(H,16,18). The van der Waals surface area contributed by atoms with Crippen LogP contribution in [0.2, 0.25) is 0 Å². The fourth-order valence-corrected chi connectivity index (χ4v) is 2.24. The van der Waals surface area contributed by atoms with Crippen molar-refractivity contribution in [3.63, 3.8) is 0 Å². The molecule has 7 nitrogen and oxygen atoms in total. The predicted octanol–water partition coefficient (Wildman–Crippen LogP) is 0.535. The first-order chi connectivity index (χ1) is 9.63. The number of ether oxygens (including phenoxy) is 1. The Morgan fingerprint density at radius 1 is 1.60 bits per heavy atom. The Morgan fingerprint density at radius 3 is 3.05 bits per heavy atom. The number of carbonyl (C=O) groups is 2. The maximum absolute atomic E-state index is 12.2. The summed E-state index contributed by atoms with van der Waals surface area (Å²) in [5.74, 6) is -0.253. The first-order valence-electron chi connectivity index (χ1n) is 6.84. The van der Waals surface area contributed by atoms with Gasteiger partial charge in [0.1, 0.15) is 11.4 Å². The van der Waals surface area contributed by atoms with Gasteiger partial charge in [-0.25, -0.2) is 4.79 Å². The lowest BCUT2D eigenvalue weighted by Crippen LogP contribution is -2.37. The number of esters is 1. The molecule has 0 bridgehead atoms. The number of aryl methyl sites for hydroxylation is 1. The van der Waals surface area contributed by atoms with Crippen LogP contribution in [0.4, 0.5) is 5.82 Å². The quantitative estimate of drug-likeness (QED) is 0.786. The highest BCUT2D eigenvalue weighted by molar-refractivity contribution is 6.00. The number of hydrogen-bond acceptors (Lipinski definition) is 5. The molecule has 1 aliphatic rings. The third-order valence-electron chi connectivity index (χ3n) is 3.34. The third kappa shape index (κ3) is 3.16. The number of nitrogens with zero attached hydrogens (tertiary/aromatic N) is 2. The summed E-state index contributed by atoms with van der Waals surface area (Å²) in [6, 6.07) is 0. The van der Waals surface area contributed by atoms with Crippen LogP contribution in [0.25, 0.3) is 0 Å². The van der Waals surface area contributed by atoms with Gasteiger partial charge in [-0.3, -0.25) is 9.48 Å². The number of nitrogens with one attached hydrogen (secondary N) is 2. The Kier molecular flexibility index (Phi) is 4.73. The van der Waals surface area contributed by atoms with Crippen molar-refractivity contribution < 1.29 is 14.3 Å². The van der Waals surface area contributed by atoms with Gasteiger partial charge in [-0.05, 0) is 26.3 Å². The van der Waals surface area contributed by atoms with E-state index < -0.39 is 5.97 Å². The number of amides is 1. The van der Waals surface area contributed by atoms with Crippen LogP contribution in [0.15, 0.2) is 6.20 Å². The molecule has 2 rings (SSSR count). The largest absolute Gasteiger partial charge is 0.462 e. The van der Waals surface area contributed by atoms with E-state index in [1.807, 2.05) is 0 Å². The highest BCUT2D eigenvalue weighted by Crippen LogP contribution is 2.18. The lowest BCUT2D eigenvalue weighted by molar-refractivity contribution is -0.120. The fraction of sp³-hybridized carbons (Fsp3) is 0.615. The van der Waals surface area contributed by atoms with E-state index in [1.54, 1.807) is 14.0 Å². The van der Waals surface area contributed by atoms with Crippen LogP contribution in [0.3, 0.4) is 0 Å². The molecule has 1 aromatic rings. The number of carbonyl (C=O) groups excluding carboxylic acids is 2. The lowest BCUT2D eigenvalue weighted by Gasteiger charge is -2.22. The number of aromatic nitrogens is 2. The van der Waals surface area contributed by atoms with Gasteiger partial charge in [-0.15, -0.1) is 0 Å². The van der Waals surface area contributed by atoms with Crippen LogP contribution in [0, 0.1) is 5.92 Å². The Hall–Kier alpha value is -1.89. The monoisotopic (exact) mass is 280 g/mol. The van der Waals surface area contributed by atoms with Crippen LogP contribution in [-0.2, 0) is 16.6 Å². The van der Waals surface area contributed by atoms with Crippen molar-refractivity contribution in [3.05, 3.63) is 11.8 Å². The molecular formula is C13H20N4O3. The second kappa shape index (κ2) is 6.51. The van der Waals surface area contributed by atoms with Crippen molar-refractivity contribution in [1.29, 1.82) is 0 Å². The van der Waals surface area contributed by atoms with E-state index in [-0.39, 0.29) is 24.0 Å². The molecule has 0 aromatic carbocycles. The number of piperidine rings is 1. The Balaban J connectivity index is 2.10. The average Bonchev–Trinajstić information content (AvgIpc) is 2.81. The molecule has 0 saturated carbocycles. The summed E-state index contributed by atoms with van der Waals surface area (Å²) in [6.07, 6.45) is 3.24. The topological polar surface area (TPSA) is 85.2 Å². The summed E-state index contributed by atoms with van der Waals surface area (Å²) < 4.78 is 6.43. The number of hydrogen-bond donors (Lipinski definition) is 2. The number of anilines is 1. The van der Waals surface area contributed by atoms with E-state index in [4.69, 9.17) is 4.74 Å². The first kappa shape index (κ1) is 14.5. The first-order valence-corrected chi connectivity index (χ1v) is 6.84. The smallest absolute Gasteiger partial charge is 0.343 e. The Morgan fingerprint density at radius 2 is 2.40 bits per heavy atom. The summed E-state index contributed by atoms with van der Waals surface area (Å²) in [4.78, 5) is 24.0. The van der Waals surface area contributed by atoms with E-state index in [9.17, 15) is 9.59 Å². The Bertz CT molecular complexity index is 492. The molecule has 2 N–H and O–H groups in total. The second-order valence-corrected chi connectivity index (χ2v) is 4.78. The zero-order valence-electron chi connectivity index (χ0n) is 11.8. The highest BCUT2D eigenvalue weighted by Gasteiger charge is 2.24. The molecule has 1 unspecified atom stereocenters. The second-order valence-electron chi connectivity index (χ2n) is 4.78. The van der Waals surface area contributed by atoms with Crippen LogP contribution >= 0.6 is 0 Å².